The van der Waals surface area contributed by atoms with Gasteiger partial charge in [0.2, 0.25) is 0 Å². The van der Waals surface area contributed by atoms with Crippen LogP contribution in [0.2, 0.25) is 0 Å². The fourth-order valence-corrected chi connectivity index (χ4v) is 5.06. The van der Waals surface area contributed by atoms with E-state index in [1.165, 1.54) is 38.2 Å². The van der Waals surface area contributed by atoms with Crippen LogP contribution in [0.25, 0.3) is 0 Å². The molecule has 0 aliphatic heterocycles. The van der Waals surface area contributed by atoms with Gasteiger partial charge in [-0.25, -0.2) is 13.6 Å². The van der Waals surface area contributed by atoms with Crippen LogP contribution in [0.15, 0.2) is 18.2 Å². The topological polar surface area (TPSA) is 41.1 Å². The molecule has 0 spiro atoms. The van der Waals surface area contributed by atoms with E-state index in [4.69, 9.17) is 0 Å². The Balaban J connectivity index is 1.42. The molecule has 0 aromatic heterocycles. The van der Waals surface area contributed by atoms with Crippen molar-refractivity contribution < 1.29 is 13.6 Å². The third kappa shape index (κ3) is 2.46. The number of benzene rings is 1. The van der Waals surface area contributed by atoms with Crippen LogP contribution in [0.1, 0.15) is 32.1 Å². The Hall–Kier alpha value is -1.65. The second-order valence-electron chi connectivity index (χ2n) is 7.18. The number of carbonyl (C=O) groups excluding carboxylic acids is 1. The molecular weight excluding hydrogens is 286 g/mol. The predicted octanol–water partition coefficient (Wildman–Crippen LogP) is 3.91. The Morgan fingerprint density at radius 1 is 1.00 bits per heavy atom. The number of hydrogen-bond acceptors (Lipinski definition) is 1. The minimum atomic E-state index is -0.750. The first-order valence-corrected chi connectivity index (χ1v) is 8.11. The Morgan fingerprint density at radius 2 is 1.64 bits per heavy atom. The van der Waals surface area contributed by atoms with Gasteiger partial charge in [-0.05, 0) is 67.9 Å². The summed E-state index contributed by atoms with van der Waals surface area (Å²) >= 11 is 0. The Kier molecular flexibility index (Phi) is 3.31. The fraction of sp³-hybridized carbons (Fsp3) is 0.588. The van der Waals surface area contributed by atoms with Gasteiger partial charge in [-0.2, -0.15) is 0 Å². The lowest BCUT2D eigenvalue weighted by atomic mass is 9.54. The summed E-state index contributed by atoms with van der Waals surface area (Å²) in [6, 6.07) is 2.99. The summed E-state index contributed by atoms with van der Waals surface area (Å²) in [6.45, 7) is 0. The highest BCUT2D eigenvalue weighted by atomic mass is 19.1. The van der Waals surface area contributed by atoms with Gasteiger partial charge in [0, 0.05) is 12.1 Å². The zero-order valence-corrected chi connectivity index (χ0v) is 12.3. The maximum absolute atomic E-state index is 13.6. The highest BCUT2D eigenvalue weighted by molar-refractivity contribution is 5.89. The second-order valence-corrected chi connectivity index (χ2v) is 7.18. The number of anilines is 1. The Bertz CT molecular complexity index is 576. The SMILES string of the molecule is O=C(Nc1ccc(F)cc1F)NC1C2CC3CC(C2)CC1C3. The lowest BCUT2D eigenvalue weighted by Gasteiger charge is -2.54. The van der Waals surface area contributed by atoms with Gasteiger partial charge in [0.05, 0.1) is 5.69 Å². The molecule has 5 rings (SSSR count). The van der Waals surface area contributed by atoms with Gasteiger partial charge >= 0.3 is 6.03 Å². The number of rotatable bonds is 2. The quantitative estimate of drug-likeness (QED) is 0.854. The van der Waals surface area contributed by atoms with Crippen LogP contribution in [0, 0.1) is 35.3 Å². The highest BCUT2D eigenvalue weighted by Gasteiger charge is 2.48. The molecule has 118 valence electrons. The average molecular weight is 306 g/mol. The van der Waals surface area contributed by atoms with Crippen molar-refractivity contribution in [1.82, 2.24) is 5.32 Å². The maximum atomic E-state index is 13.6. The van der Waals surface area contributed by atoms with Gasteiger partial charge in [0.15, 0.2) is 0 Å². The van der Waals surface area contributed by atoms with E-state index in [1.54, 1.807) is 0 Å². The molecule has 3 nitrogen and oxygen atoms in total. The molecule has 1 aromatic carbocycles. The molecule has 2 N–H and O–H groups in total. The van der Waals surface area contributed by atoms with E-state index >= 15 is 0 Å². The monoisotopic (exact) mass is 306 g/mol. The van der Waals surface area contributed by atoms with Crippen molar-refractivity contribution in [3.63, 3.8) is 0 Å². The van der Waals surface area contributed by atoms with Crippen molar-refractivity contribution in [3.05, 3.63) is 29.8 Å². The third-order valence-electron chi connectivity index (χ3n) is 5.70. The van der Waals surface area contributed by atoms with Crippen LogP contribution in [-0.4, -0.2) is 12.1 Å². The summed E-state index contributed by atoms with van der Waals surface area (Å²) in [5, 5.41) is 5.55. The normalized spacial score (nSPS) is 35.5. The van der Waals surface area contributed by atoms with E-state index in [0.29, 0.717) is 11.8 Å². The maximum Gasteiger partial charge on any atom is 0.319 e. The molecule has 5 heteroatoms. The first-order valence-electron chi connectivity index (χ1n) is 8.11. The molecule has 2 amide bonds. The molecule has 4 aliphatic carbocycles. The highest BCUT2D eigenvalue weighted by Crippen LogP contribution is 2.53. The van der Waals surface area contributed by atoms with Gasteiger partial charge < -0.3 is 10.6 Å². The van der Waals surface area contributed by atoms with E-state index in [9.17, 15) is 13.6 Å². The van der Waals surface area contributed by atoms with Crippen molar-refractivity contribution in [1.29, 1.82) is 0 Å². The molecule has 0 atom stereocenters. The van der Waals surface area contributed by atoms with Crippen LogP contribution in [0.3, 0.4) is 0 Å². The van der Waals surface area contributed by atoms with Crippen LogP contribution < -0.4 is 10.6 Å². The molecule has 4 fully saturated rings. The largest absolute Gasteiger partial charge is 0.335 e. The zero-order valence-electron chi connectivity index (χ0n) is 12.3. The first-order chi connectivity index (χ1) is 10.6. The number of urea groups is 1. The average Bonchev–Trinajstić information content (AvgIpc) is 2.45. The van der Waals surface area contributed by atoms with E-state index in [0.717, 1.165) is 24.0 Å². The molecule has 0 unspecified atom stereocenters. The van der Waals surface area contributed by atoms with E-state index < -0.39 is 11.6 Å². The molecule has 4 aliphatic rings. The van der Waals surface area contributed by atoms with Crippen molar-refractivity contribution in [2.45, 2.75) is 38.1 Å². The minimum absolute atomic E-state index is 0.0164. The van der Waals surface area contributed by atoms with Gasteiger partial charge in [-0.1, -0.05) is 0 Å². The summed E-state index contributed by atoms with van der Waals surface area (Å²) in [4.78, 5) is 12.2. The Morgan fingerprint density at radius 3 is 2.23 bits per heavy atom. The third-order valence-corrected chi connectivity index (χ3v) is 5.70. The van der Waals surface area contributed by atoms with E-state index in [2.05, 4.69) is 10.6 Å². The molecular formula is C17H20F2N2O. The summed E-state index contributed by atoms with van der Waals surface area (Å²) in [6.07, 6.45) is 6.21. The fourth-order valence-electron chi connectivity index (χ4n) is 5.06. The second kappa shape index (κ2) is 5.21. The standard InChI is InChI=1S/C17H20F2N2O/c18-13-1-2-15(14(19)8-13)20-17(22)21-16-11-4-9-3-10(6-11)7-12(16)5-9/h1-2,8-12,16H,3-7H2,(H2,20,21,22). The van der Waals surface area contributed by atoms with E-state index in [-0.39, 0.29) is 17.8 Å². The lowest BCUT2D eigenvalue weighted by Crippen LogP contribution is -2.56. The number of hydrogen-bond donors (Lipinski definition) is 2. The van der Waals surface area contributed by atoms with Crippen LogP contribution >= 0.6 is 0 Å². The van der Waals surface area contributed by atoms with Gasteiger partial charge in [0.1, 0.15) is 11.6 Å². The Labute approximate surface area is 128 Å². The predicted molar refractivity (Wildman–Crippen MR) is 79.3 cm³/mol. The molecule has 4 saturated carbocycles. The first kappa shape index (κ1) is 14.0. The number of amides is 2. The summed E-state index contributed by atoms with van der Waals surface area (Å²) in [7, 11) is 0. The number of nitrogens with one attached hydrogen (secondary N) is 2. The van der Waals surface area contributed by atoms with Crippen molar-refractivity contribution in [3.8, 4) is 0 Å². The zero-order chi connectivity index (χ0) is 15.3. The molecule has 22 heavy (non-hydrogen) atoms. The van der Waals surface area contributed by atoms with Gasteiger partial charge in [-0.3, -0.25) is 0 Å². The van der Waals surface area contributed by atoms with Crippen molar-refractivity contribution in [2.75, 3.05) is 5.32 Å². The minimum Gasteiger partial charge on any atom is -0.335 e. The molecule has 0 radical (unpaired) electrons. The summed E-state index contributed by atoms with van der Waals surface area (Å²) < 4.78 is 26.5. The van der Waals surface area contributed by atoms with Gasteiger partial charge in [0.25, 0.3) is 0 Å². The van der Waals surface area contributed by atoms with Gasteiger partial charge in [-0.15, -0.1) is 0 Å². The molecule has 4 bridgehead atoms. The van der Waals surface area contributed by atoms with Crippen molar-refractivity contribution >= 4 is 11.7 Å². The molecule has 0 saturated heterocycles. The molecule has 0 heterocycles. The van der Waals surface area contributed by atoms with E-state index in [1.807, 2.05) is 0 Å². The summed E-state index contributed by atoms with van der Waals surface area (Å²) in [5.41, 5.74) is 0.0164. The van der Waals surface area contributed by atoms with Crippen molar-refractivity contribution in [2.24, 2.45) is 23.7 Å². The summed E-state index contributed by atoms with van der Waals surface area (Å²) in [5.74, 6) is 1.43. The lowest BCUT2D eigenvalue weighted by molar-refractivity contribution is -0.00883. The van der Waals surface area contributed by atoms with Crippen LogP contribution in [-0.2, 0) is 0 Å². The number of carbonyl (C=O) groups is 1. The number of halogens is 2. The smallest absolute Gasteiger partial charge is 0.319 e. The van der Waals surface area contributed by atoms with Crippen LogP contribution in [0.5, 0.6) is 0 Å². The van der Waals surface area contributed by atoms with Crippen LogP contribution in [0.4, 0.5) is 19.3 Å². The molecule has 1 aromatic rings.